The summed E-state index contributed by atoms with van der Waals surface area (Å²) in [6.45, 7) is 7.57. The molecule has 1 saturated heterocycles. The molecule has 7 nitrogen and oxygen atoms in total. The van der Waals surface area contributed by atoms with Gasteiger partial charge in [0.05, 0.1) is 18.8 Å². The fraction of sp³-hybridized carbons (Fsp3) is 0.304. The Hall–Kier alpha value is -2.97. The van der Waals surface area contributed by atoms with Gasteiger partial charge in [-0.25, -0.2) is 0 Å². The molecule has 0 saturated carbocycles. The first-order valence-corrected chi connectivity index (χ1v) is 10.9. The van der Waals surface area contributed by atoms with Crippen molar-refractivity contribution < 1.29 is 9.84 Å². The lowest BCUT2D eigenvalue weighted by Crippen LogP contribution is -2.36. The Kier molecular flexibility index (Phi) is 5.11. The van der Waals surface area contributed by atoms with Crippen molar-refractivity contribution in [2.75, 3.05) is 31.2 Å². The number of aromatic amines is 1. The molecule has 2 N–H and O–H groups in total. The second-order valence-corrected chi connectivity index (χ2v) is 8.49. The number of phenols is 1. The summed E-state index contributed by atoms with van der Waals surface area (Å²) in [5, 5.41) is 20.8. The Bertz CT molecular complexity index is 1220. The Balaban J connectivity index is 1.57. The number of nitrogens with one attached hydrogen (secondary N) is 1. The van der Waals surface area contributed by atoms with Crippen molar-refractivity contribution >= 4 is 29.2 Å². The lowest BCUT2D eigenvalue weighted by Gasteiger charge is -2.29. The lowest BCUT2D eigenvalue weighted by atomic mass is 10.0. The maximum absolute atomic E-state index is 10.8. The monoisotopic (exact) mass is 435 g/mol. The van der Waals surface area contributed by atoms with E-state index in [1.54, 1.807) is 6.07 Å². The van der Waals surface area contributed by atoms with E-state index < -0.39 is 0 Å². The molecule has 0 aliphatic carbocycles. The van der Waals surface area contributed by atoms with Gasteiger partial charge in [0.25, 0.3) is 0 Å². The third kappa shape index (κ3) is 3.55. The van der Waals surface area contributed by atoms with Crippen LogP contribution in [-0.2, 0) is 4.74 Å². The predicted octanol–water partition coefficient (Wildman–Crippen LogP) is 4.37. The first kappa shape index (κ1) is 20.0. The van der Waals surface area contributed by atoms with E-state index in [0.717, 1.165) is 48.6 Å². The van der Waals surface area contributed by atoms with Crippen LogP contribution in [0.5, 0.6) is 5.75 Å². The minimum Gasteiger partial charge on any atom is -0.507 e. The van der Waals surface area contributed by atoms with Gasteiger partial charge >= 0.3 is 0 Å². The summed E-state index contributed by atoms with van der Waals surface area (Å²) in [6.07, 6.45) is 2.00. The van der Waals surface area contributed by atoms with E-state index in [2.05, 4.69) is 58.7 Å². The minimum absolute atomic E-state index is 0.150. The third-order valence-electron chi connectivity index (χ3n) is 5.82. The topological polar surface area (TPSA) is 79.2 Å². The van der Waals surface area contributed by atoms with Crippen molar-refractivity contribution in [3.63, 3.8) is 0 Å². The van der Waals surface area contributed by atoms with E-state index in [0.29, 0.717) is 22.5 Å². The van der Waals surface area contributed by atoms with Crippen molar-refractivity contribution in [3.05, 3.63) is 48.2 Å². The third-order valence-corrected chi connectivity index (χ3v) is 6.11. The first-order valence-electron chi connectivity index (χ1n) is 10.4. The number of morpholine rings is 1. The molecule has 160 valence electrons. The number of ether oxygens (including phenoxy) is 1. The summed E-state index contributed by atoms with van der Waals surface area (Å²) in [5.41, 5.74) is 4.76. The SMILES string of the molecule is CC(C)c1c[nH]c2cc(O)c(-c3nnc(S)n3-c3ccc(N4CCOCC4)cc3)cc12. The van der Waals surface area contributed by atoms with Crippen molar-refractivity contribution in [2.45, 2.75) is 24.9 Å². The van der Waals surface area contributed by atoms with Crippen molar-refractivity contribution in [1.29, 1.82) is 0 Å². The van der Waals surface area contributed by atoms with E-state index in [9.17, 15) is 5.11 Å². The largest absolute Gasteiger partial charge is 0.507 e. The summed E-state index contributed by atoms with van der Waals surface area (Å²) >= 11 is 4.53. The average Bonchev–Trinajstić information content (AvgIpc) is 3.37. The van der Waals surface area contributed by atoms with Crippen LogP contribution in [0.1, 0.15) is 25.3 Å². The van der Waals surface area contributed by atoms with E-state index in [4.69, 9.17) is 4.74 Å². The Morgan fingerprint density at radius 2 is 1.77 bits per heavy atom. The molecule has 1 aliphatic rings. The summed E-state index contributed by atoms with van der Waals surface area (Å²) in [5.74, 6) is 1.06. The summed E-state index contributed by atoms with van der Waals surface area (Å²) in [6, 6.07) is 12.0. The molecule has 1 fully saturated rings. The molecule has 3 heterocycles. The summed E-state index contributed by atoms with van der Waals surface area (Å²) < 4.78 is 7.30. The number of anilines is 1. The number of thiol groups is 1. The van der Waals surface area contributed by atoms with Crippen molar-refractivity contribution in [2.24, 2.45) is 0 Å². The molecule has 2 aromatic carbocycles. The van der Waals surface area contributed by atoms with Gasteiger partial charge < -0.3 is 19.7 Å². The van der Waals surface area contributed by atoms with E-state index in [1.807, 2.05) is 29.0 Å². The lowest BCUT2D eigenvalue weighted by molar-refractivity contribution is 0.122. The zero-order valence-electron chi connectivity index (χ0n) is 17.5. The van der Waals surface area contributed by atoms with Crippen molar-refractivity contribution in [1.82, 2.24) is 19.7 Å². The quantitative estimate of drug-likeness (QED) is 0.415. The van der Waals surface area contributed by atoms with Crippen LogP contribution >= 0.6 is 12.6 Å². The molecule has 4 aromatic rings. The molecule has 5 rings (SSSR count). The van der Waals surface area contributed by atoms with Crippen LogP contribution in [0.15, 0.2) is 47.8 Å². The zero-order chi connectivity index (χ0) is 21.5. The highest BCUT2D eigenvalue weighted by molar-refractivity contribution is 7.80. The molecular weight excluding hydrogens is 410 g/mol. The Morgan fingerprint density at radius 1 is 1.06 bits per heavy atom. The molecule has 0 atom stereocenters. The van der Waals surface area contributed by atoms with Crippen LogP contribution in [0, 0.1) is 0 Å². The average molecular weight is 436 g/mol. The number of fused-ring (bicyclic) bond motifs is 1. The highest BCUT2D eigenvalue weighted by Crippen LogP contribution is 2.37. The number of aromatic hydroxyl groups is 1. The van der Waals surface area contributed by atoms with Crippen LogP contribution in [-0.4, -0.2) is 51.2 Å². The zero-order valence-corrected chi connectivity index (χ0v) is 18.4. The van der Waals surface area contributed by atoms with E-state index >= 15 is 0 Å². The van der Waals surface area contributed by atoms with Gasteiger partial charge in [-0.3, -0.25) is 4.57 Å². The molecule has 0 radical (unpaired) electrons. The number of H-pyrrole nitrogens is 1. The van der Waals surface area contributed by atoms with Crippen LogP contribution in [0.3, 0.4) is 0 Å². The Labute approximate surface area is 186 Å². The molecule has 0 bridgehead atoms. The van der Waals surface area contributed by atoms with E-state index in [-0.39, 0.29) is 5.75 Å². The molecule has 31 heavy (non-hydrogen) atoms. The van der Waals surface area contributed by atoms with Gasteiger partial charge in [-0.1, -0.05) is 13.8 Å². The maximum Gasteiger partial charge on any atom is 0.193 e. The minimum atomic E-state index is 0.150. The smallest absolute Gasteiger partial charge is 0.193 e. The van der Waals surface area contributed by atoms with Gasteiger partial charge in [-0.2, -0.15) is 0 Å². The molecule has 0 unspecified atom stereocenters. The number of hydrogen-bond acceptors (Lipinski definition) is 6. The molecule has 1 aliphatic heterocycles. The predicted molar refractivity (Wildman–Crippen MR) is 125 cm³/mol. The normalized spacial score (nSPS) is 14.6. The second kappa shape index (κ2) is 7.94. The van der Waals surface area contributed by atoms with Gasteiger partial charge in [-0.15, -0.1) is 22.8 Å². The van der Waals surface area contributed by atoms with Crippen LogP contribution in [0.25, 0.3) is 28.0 Å². The number of hydrogen-bond donors (Lipinski definition) is 3. The number of aromatic nitrogens is 4. The van der Waals surface area contributed by atoms with Gasteiger partial charge in [0.1, 0.15) is 5.75 Å². The van der Waals surface area contributed by atoms with Gasteiger partial charge in [0, 0.05) is 47.6 Å². The highest BCUT2D eigenvalue weighted by Gasteiger charge is 2.20. The van der Waals surface area contributed by atoms with Gasteiger partial charge in [-0.05, 0) is 41.8 Å². The fourth-order valence-corrected chi connectivity index (χ4v) is 4.41. The number of benzene rings is 2. The fourth-order valence-electron chi connectivity index (χ4n) is 4.16. The summed E-state index contributed by atoms with van der Waals surface area (Å²) in [4.78, 5) is 5.55. The van der Waals surface area contributed by atoms with Crippen LogP contribution < -0.4 is 4.90 Å². The number of rotatable bonds is 4. The van der Waals surface area contributed by atoms with Crippen LogP contribution in [0.2, 0.25) is 0 Å². The molecule has 0 spiro atoms. The molecule has 0 amide bonds. The second-order valence-electron chi connectivity index (χ2n) is 8.09. The van der Waals surface area contributed by atoms with E-state index in [1.165, 1.54) is 5.56 Å². The van der Waals surface area contributed by atoms with Gasteiger partial charge in [0.2, 0.25) is 0 Å². The highest BCUT2D eigenvalue weighted by atomic mass is 32.1. The summed E-state index contributed by atoms with van der Waals surface area (Å²) in [7, 11) is 0. The molecular formula is C23H25N5O2S. The van der Waals surface area contributed by atoms with Gasteiger partial charge in [0.15, 0.2) is 11.0 Å². The maximum atomic E-state index is 10.8. The first-order chi connectivity index (χ1) is 15.0. The van der Waals surface area contributed by atoms with Crippen molar-refractivity contribution in [3.8, 4) is 22.8 Å². The molecule has 2 aromatic heterocycles. The number of nitrogens with zero attached hydrogens (tertiary/aromatic N) is 4. The standard InChI is InChI=1S/C23H25N5O2S/c1-14(2)19-13-24-20-12-21(29)18(11-17(19)20)22-25-26-23(31)28(22)16-5-3-15(4-6-16)27-7-9-30-10-8-27/h3-6,11-14,24,29H,7-10H2,1-2H3,(H,26,31). The molecule has 8 heteroatoms. The number of phenolic OH excluding ortho intramolecular Hbond substituents is 1. The Morgan fingerprint density at radius 3 is 2.48 bits per heavy atom. The van der Waals surface area contributed by atoms with Crippen LogP contribution in [0.4, 0.5) is 5.69 Å².